The van der Waals surface area contributed by atoms with Crippen molar-refractivity contribution >= 4 is 18.0 Å². The number of rotatable bonds is 8. The number of benzene rings is 2. The van der Waals surface area contributed by atoms with Crippen molar-refractivity contribution in [3.05, 3.63) is 59.7 Å². The summed E-state index contributed by atoms with van der Waals surface area (Å²) in [6.45, 7) is 4.32. The number of fused-ring (bicyclic) bond motifs is 3. The van der Waals surface area contributed by atoms with Gasteiger partial charge >= 0.3 is 12.1 Å². The van der Waals surface area contributed by atoms with Gasteiger partial charge in [-0.1, -0.05) is 62.4 Å². The zero-order chi connectivity index (χ0) is 24.2. The first-order valence-corrected chi connectivity index (χ1v) is 11.6. The van der Waals surface area contributed by atoms with Crippen LogP contribution in [0.2, 0.25) is 0 Å². The molecule has 4 rings (SSSR count). The highest BCUT2D eigenvalue weighted by molar-refractivity contribution is 5.82. The van der Waals surface area contributed by atoms with Crippen LogP contribution in [0.15, 0.2) is 48.5 Å². The van der Waals surface area contributed by atoms with E-state index in [0.29, 0.717) is 6.42 Å². The van der Waals surface area contributed by atoms with Gasteiger partial charge in [-0.3, -0.25) is 4.79 Å². The lowest BCUT2D eigenvalue weighted by Crippen LogP contribution is -2.49. The predicted octanol–water partition coefficient (Wildman–Crippen LogP) is 3.16. The van der Waals surface area contributed by atoms with E-state index in [-0.39, 0.29) is 37.5 Å². The Morgan fingerprint density at radius 1 is 1.06 bits per heavy atom. The van der Waals surface area contributed by atoms with Crippen LogP contribution in [0.3, 0.4) is 0 Å². The van der Waals surface area contributed by atoms with Crippen LogP contribution in [0.4, 0.5) is 4.79 Å². The minimum atomic E-state index is -1.10. The molecule has 0 radical (unpaired) electrons. The van der Waals surface area contributed by atoms with E-state index in [1.165, 1.54) is 0 Å². The molecule has 0 aromatic heterocycles. The van der Waals surface area contributed by atoms with E-state index in [4.69, 9.17) is 9.47 Å². The van der Waals surface area contributed by atoms with Crippen molar-refractivity contribution < 1.29 is 29.0 Å². The number of carboxylic acids is 1. The molecule has 2 aromatic carbocycles. The highest BCUT2D eigenvalue weighted by Gasteiger charge is 2.37. The predicted molar refractivity (Wildman–Crippen MR) is 125 cm³/mol. The zero-order valence-corrected chi connectivity index (χ0v) is 19.3. The zero-order valence-electron chi connectivity index (χ0n) is 19.3. The summed E-state index contributed by atoms with van der Waals surface area (Å²) >= 11 is 0. The average Bonchev–Trinajstić information content (AvgIpc) is 3.40. The normalized spacial score (nSPS) is 19.9. The third-order valence-corrected chi connectivity index (χ3v) is 6.61. The second-order valence-corrected chi connectivity index (χ2v) is 9.09. The molecule has 8 nitrogen and oxygen atoms in total. The summed E-state index contributed by atoms with van der Waals surface area (Å²) in [6.07, 6.45) is -1.20. The number of alkyl carbamates (subject to hydrolysis) is 1. The van der Waals surface area contributed by atoms with Crippen LogP contribution < -0.4 is 10.6 Å². The van der Waals surface area contributed by atoms with Crippen molar-refractivity contribution in [2.75, 3.05) is 19.8 Å². The molecule has 2 amide bonds. The summed E-state index contributed by atoms with van der Waals surface area (Å²) in [5, 5.41) is 14.7. The van der Waals surface area contributed by atoms with Crippen molar-refractivity contribution in [2.45, 2.75) is 38.3 Å². The smallest absolute Gasteiger partial charge is 0.407 e. The number of ether oxygens (including phenoxy) is 2. The monoisotopic (exact) mass is 466 g/mol. The molecule has 0 spiro atoms. The standard InChI is InChI=1S/C26H30N2O6/c1-15(2)20(24(29)28-22-11-12-33-23(22)25(30)31)13-27-26(32)34-14-21-18-9-5-3-7-16(18)17-8-4-6-10-19(17)21/h3-10,15,20-23H,11-14H2,1-2H3,(H,27,32)(H,28,29)(H,30,31). The fraction of sp³-hybridized carbons (Fsp3) is 0.423. The maximum absolute atomic E-state index is 12.8. The molecule has 34 heavy (non-hydrogen) atoms. The van der Waals surface area contributed by atoms with Gasteiger partial charge in [0.2, 0.25) is 5.91 Å². The molecule has 8 heteroatoms. The SMILES string of the molecule is CC(C)C(CNC(=O)OCC1c2ccccc2-c2ccccc21)C(=O)NC1CCOC1C(=O)O. The first kappa shape index (κ1) is 23.8. The maximum Gasteiger partial charge on any atom is 0.407 e. The number of aliphatic carboxylic acids is 1. The lowest BCUT2D eigenvalue weighted by molar-refractivity contribution is -0.148. The van der Waals surface area contributed by atoms with E-state index in [9.17, 15) is 19.5 Å². The lowest BCUT2D eigenvalue weighted by Gasteiger charge is -2.24. The van der Waals surface area contributed by atoms with E-state index in [1.807, 2.05) is 38.1 Å². The van der Waals surface area contributed by atoms with Crippen molar-refractivity contribution in [2.24, 2.45) is 11.8 Å². The number of hydrogen-bond donors (Lipinski definition) is 3. The van der Waals surface area contributed by atoms with Crippen LogP contribution in [0.25, 0.3) is 11.1 Å². The molecule has 2 aliphatic rings. The Labute approximate surface area is 198 Å². The second-order valence-electron chi connectivity index (χ2n) is 9.09. The van der Waals surface area contributed by atoms with Crippen LogP contribution in [0.1, 0.15) is 37.3 Å². The van der Waals surface area contributed by atoms with Crippen LogP contribution >= 0.6 is 0 Å². The first-order chi connectivity index (χ1) is 16.4. The Hall–Kier alpha value is -3.39. The van der Waals surface area contributed by atoms with Gasteiger partial charge in [-0.15, -0.1) is 0 Å². The molecular weight excluding hydrogens is 436 g/mol. The summed E-state index contributed by atoms with van der Waals surface area (Å²) in [5.41, 5.74) is 4.56. The maximum atomic E-state index is 12.8. The molecule has 3 N–H and O–H groups in total. The van der Waals surface area contributed by atoms with Crippen molar-refractivity contribution in [1.82, 2.24) is 10.6 Å². The highest BCUT2D eigenvalue weighted by Crippen LogP contribution is 2.44. The quantitative estimate of drug-likeness (QED) is 0.551. The molecule has 3 atom stereocenters. The number of hydrogen-bond acceptors (Lipinski definition) is 5. The Kier molecular flexibility index (Phi) is 7.17. The van der Waals surface area contributed by atoms with Gasteiger partial charge in [0.25, 0.3) is 0 Å². The van der Waals surface area contributed by atoms with Crippen LogP contribution in [0, 0.1) is 11.8 Å². The number of nitrogens with one attached hydrogen (secondary N) is 2. The third-order valence-electron chi connectivity index (χ3n) is 6.61. The summed E-state index contributed by atoms with van der Waals surface area (Å²) in [5.74, 6) is -2.05. The van der Waals surface area contributed by atoms with Gasteiger partial charge in [0.1, 0.15) is 6.61 Å². The van der Waals surface area contributed by atoms with E-state index in [1.54, 1.807) is 0 Å². The Morgan fingerprint density at radius 2 is 1.68 bits per heavy atom. The van der Waals surface area contributed by atoms with E-state index >= 15 is 0 Å². The van der Waals surface area contributed by atoms with Crippen molar-refractivity contribution in [3.8, 4) is 11.1 Å². The van der Waals surface area contributed by atoms with Gasteiger partial charge in [-0.05, 0) is 34.6 Å². The molecule has 1 aliphatic heterocycles. The molecule has 180 valence electrons. The molecule has 0 saturated carbocycles. The largest absolute Gasteiger partial charge is 0.479 e. The number of carbonyl (C=O) groups excluding carboxylic acids is 2. The fourth-order valence-corrected chi connectivity index (χ4v) is 4.74. The lowest BCUT2D eigenvalue weighted by atomic mass is 9.94. The van der Waals surface area contributed by atoms with Gasteiger partial charge in [0, 0.05) is 19.1 Å². The molecule has 1 aliphatic carbocycles. The fourth-order valence-electron chi connectivity index (χ4n) is 4.74. The molecule has 2 aromatic rings. The number of carboxylic acid groups (broad SMARTS) is 1. The first-order valence-electron chi connectivity index (χ1n) is 11.6. The van der Waals surface area contributed by atoms with E-state index in [0.717, 1.165) is 22.3 Å². The van der Waals surface area contributed by atoms with E-state index < -0.39 is 30.1 Å². The summed E-state index contributed by atoms with van der Waals surface area (Å²) < 4.78 is 10.7. The molecule has 3 unspecified atom stereocenters. The van der Waals surface area contributed by atoms with Gasteiger partial charge in [-0.2, -0.15) is 0 Å². The number of amides is 2. The van der Waals surface area contributed by atoms with E-state index in [2.05, 4.69) is 34.9 Å². The molecular formula is C26H30N2O6. The number of carbonyl (C=O) groups is 3. The highest BCUT2D eigenvalue weighted by atomic mass is 16.5. The summed E-state index contributed by atoms with van der Waals surface area (Å²) in [4.78, 5) is 36.6. The van der Waals surface area contributed by atoms with Crippen LogP contribution in [-0.2, 0) is 19.1 Å². The average molecular weight is 467 g/mol. The van der Waals surface area contributed by atoms with Crippen LogP contribution in [0.5, 0.6) is 0 Å². The van der Waals surface area contributed by atoms with Gasteiger partial charge < -0.3 is 25.2 Å². The van der Waals surface area contributed by atoms with Crippen molar-refractivity contribution in [1.29, 1.82) is 0 Å². The van der Waals surface area contributed by atoms with Gasteiger partial charge in [0.05, 0.1) is 12.0 Å². The topological polar surface area (TPSA) is 114 Å². The minimum absolute atomic E-state index is 0.0438. The molecule has 1 saturated heterocycles. The summed E-state index contributed by atoms with van der Waals surface area (Å²) in [6, 6.07) is 15.6. The third kappa shape index (κ3) is 4.92. The Bertz CT molecular complexity index is 1020. The van der Waals surface area contributed by atoms with Gasteiger partial charge in [-0.25, -0.2) is 9.59 Å². The summed E-state index contributed by atoms with van der Waals surface area (Å²) in [7, 11) is 0. The minimum Gasteiger partial charge on any atom is -0.479 e. The molecule has 1 fully saturated rings. The molecule has 1 heterocycles. The second kappa shape index (κ2) is 10.3. The molecule has 0 bridgehead atoms. The van der Waals surface area contributed by atoms with Crippen LogP contribution in [-0.4, -0.2) is 55.0 Å². The van der Waals surface area contributed by atoms with Gasteiger partial charge in [0.15, 0.2) is 6.10 Å². The Morgan fingerprint density at radius 3 is 2.26 bits per heavy atom. The van der Waals surface area contributed by atoms with Crippen molar-refractivity contribution in [3.63, 3.8) is 0 Å². The Balaban J connectivity index is 1.33.